The highest BCUT2D eigenvalue weighted by molar-refractivity contribution is 7.80. The van der Waals surface area contributed by atoms with Crippen LogP contribution in [0.25, 0.3) is 0 Å². The summed E-state index contributed by atoms with van der Waals surface area (Å²) < 4.78 is 0. The second-order valence-corrected chi connectivity index (χ2v) is 5.22. The molecule has 0 heterocycles. The highest BCUT2D eigenvalue weighted by Gasteiger charge is 2.28. The monoisotopic (exact) mass is 364 g/mol. The van der Waals surface area contributed by atoms with E-state index in [1.165, 1.54) is 0 Å². The molecule has 0 bridgehead atoms. The Bertz CT molecular complexity index is 514. The van der Waals surface area contributed by atoms with E-state index in [9.17, 15) is 24.0 Å². The molecule has 8 N–H and O–H groups in total. The molecule has 3 unspecified atom stereocenters. The maximum Gasteiger partial charge on any atom is 0.326 e. The van der Waals surface area contributed by atoms with Crippen LogP contribution in [0, 0.1) is 0 Å². The van der Waals surface area contributed by atoms with Crippen LogP contribution in [0.1, 0.15) is 19.3 Å². The molecule has 0 rings (SSSR count). The predicted octanol–water partition coefficient (Wildman–Crippen LogP) is -2.96. The number of thiol groups is 1. The molecule has 3 amide bonds. The van der Waals surface area contributed by atoms with Gasteiger partial charge in [-0.3, -0.25) is 19.2 Å². The van der Waals surface area contributed by atoms with Gasteiger partial charge in [0.2, 0.25) is 17.7 Å². The van der Waals surface area contributed by atoms with E-state index in [0.29, 0.717) is 0 Å². The fraction of sp³-hybridized carbons (Fsp3) is 0.583. The standard InChI is InChI=1S/C12H20N4O7S/c13-5(4-24)10(20)15-6(1-2-9(18)19)11(21)16-7(12(22)23)3-8(14)17/h5-7,24H,1-4,13H2,(H2,14,17)(H,15,20)(H,16,21)(H,18,19)(H,22,23). The maximum atomic E-state index is 12.1. The van der Waals surface area contributed by atoms with Gasteiger partial charge in [-0.25, -0.2) is 4.79 Å². The third-order valence-corrected chi connectivity index (χ3v) is 3.23. The average Bonchev–Trinajstić information content (AvgIpc) is 2.48. The summed E-state index contributed by atoms with van der Waals surface area (Å²) in [5.74, 6) is -5.41. The van der Waals surface area contributed by atoms with Gasteiger partial charge >= 0.3 is 11.9 Å². The number of aliphatic carboxylic acids is 2. The van der Waals surface area contributed by atoms with Crippen LogP contribution < -0.4 is 22.1 Å². The van der Waals surface area contributed by atoms with Crippen molar-refractivity contribution in [2.45, 2.75) is 37.4 Å². The molecule has 136 valence electrons. The fourth-order valence-corrected chi connectivity index (χ4v) is 1.74. The first-order valence-corrected chi connectivity index (χ1v) is 7.41. The molecule has 0 aromatic rings. The van der Waals surface area contributed by atoms with Crippen LogP contribution in [0.2, 0.25) is 0 Å². The van der Waals surface area contributed by atoms with Gasteiger partial charge in [0, 0.05) is 12.2 Å². The molecular formula is C12H20N4O7S. The van der Waals surface area contributed by atoms with Crippen molar-refractivity contribution in [2.24, 2.45) is 11.5 Å². The molecule has 0 aliphatic rings. The largest absolute Gasteiger partial charge is 0.481 e. The van der Waals surface area contributed by atoms with Crippen molar-refractivity contribution in [1.82, 2.24) is 10.6 Å². The zero-order valence-corrected chi connectivity index (χ0v) is 13.5. The number of primary amides is 1. The second kappa shape index (κ2) is 10.4. The lowest BCUT2D eigenvalue weighted by atomic mass is 10.1. The molecule has 12 heteroatoms. The van der Waals surface area contributed by atoms with E-state index in [1.807, 2.05) is 5.32 Å². The highest BCUT2D eigenvalue weighted by atomic mass is 32.1. The Balaban J connectivity index is 5.05. The lowest BCUT2D eigenvalue weighted by Crippen LogP contribution is -2.55. The minimum Gasteiger partial charge on any atom is -0.481 e. The van der Waals surface area contributed by atoms with E-state index < -0.39 is 60.6 Å². The molecule has 3 atom stereocenters. The van der Waals surface area contributed by atoms with E-state index >= 15 is 0 Å². The number of amides is 3. The molecule has 0 aliphatic carbocycles. The van der Waals surface area contributed by atoms with Gasteiger partial charge in [-0.15, -0.1) is 0 Å². The number of nitrogens with one attached hydrogen (secondary N) is 2. The summed E-state index contributed by atoms with van der Waals surface area (Å²) in [5, 5.41) is 21.9. The molecule has 11 nitrogen and oxygen atoms in total. The molecule has 24 heavy (non-hydrogen) atoms. The number of carbonyl (C=O) groups is 5. The van der Waals surface area contributed by atoms with Crippen LogP contribution in [0.5, 0.6) is 0 Å². The number of carboxylic acids is 2. The number of carboxylic acid groups (broad SMARTS) is 2. The summed E-state index contributed by atoms with van der Waals surface area (Å²) >= 11 is 3.82. The molecule has 0 aromatic heterocycles. The minimum absolute atomic E-state index is 0.0153. The molecule has 0 spiro atoms. The Labute approximate surface area is 142 Å². The van der Waals surface area contributed by atoms with Crippen molar-refractivity contribution in [3.63, 3.8) is 0 Å². The second-order valence-electron chi connectivity index (χ2n) is 4.85. The van der Waals surface area contributed by atoms with Gasteiger partial charge < -0.3 is 32.3 Å². The number of nitrogens with two attached hydrogens (primary N) is 2. The Kier molecular flexibility index (Phi) is 9.42. The minimum atomic E-state index is -1.60. The van der Waals surface area contributed by atoms with Crippen molar-refractivity contribution in [3.05, 3.63) is 0 Å². The van der Waals surface area contributed by atoms with E-state index in [4.69, 9.17) is 21.7 Å². The Morgan fingerprint density at radius 2 is 1.54 bits per heavy atom. The van der Waals surface area contributed by atoms with Gasteiger partial charge in [0.25, 0.3) is 0 Å². The van der Waals surface area contributed by atoms with Crippen LogP contribution in [-0.4, -0.2) is 63.8 Å². The number of carbonyl (C=O) groups excluding carboxylic acids is 3. The number of hydrogen-bond donors (Lipinski definition) is 7. The molecular weight excluding hydrogens is 344 g/mol. The topological polar surface area (TPSA) is 202 Å². The summed E-state index contributed by atoms with van der Waals surface area (Å²) in [7, 11) is 0. The first-order chi connectivity index (χ1) is 11.1. The quantitative estimate of drug-likeness (QED) is 0.188. The van der Waals surface area contributed by atoms with E-state index in [-0.39, 0.29) is 12.2 Å². The summed E-state index contributed by atoms with van der Waals surface area (Å²) in [4.78, 5) is 56.3. The van der Waals surface area contributed by atoms with E-state index in [0.717, 1.165) is 0 Å². The van der Waals surface area contributed by atoms with Gasteiger partial charge in [-0.1, -0.05) is 0 Å². The van der Waals surface area contributed by atoms with Crippen LogP contribution in [0.3, 0.4) is 0 Å². The third-order valence-electron chi connectivity index (χ3n) is 2.83. The maximum absolute atomic E-state index is 12.1. The highest BCUT2D eigenvalue weighted by Crippen LogP contribution is 2.02. The van der Waals surface area contributed by atoms with Crippen molar-refractivity contribution in [3.8, 4) is 0 Å². The predicted molar refractivity (Wildman–Crippen MR) is 84.0 cm³/mol. The van der Waals surface area contributed by atoms with Gasteiger partial charge in [-0.2, -0.15) is 12.6 Å². The Hall–Kier alpha value is -2.34. The smallest absolute Gasteiger partial charge is 0.326 e. The SMILES string of the molecule is NC(=O)CC(NC(=O)C(CCC(=O)O)NC(=O)C(N)CS)C(=O)O. The third kappa shape index (κ3) is 8.33. The van der Waals surface area contributed by atoms with Crippen molar-refractivity contribution in [2.75, 3.05) is 5.75 Å². The molecule has 0 radical (unpaired) electrons. The van der Waals surface area contributed by atoms with Gasteiger partial charge in [-0.05, 0) is 6.42 Å². The first kappa shape index (κ1) is 21.7. The number of rotatable bonds is 11. The lowest BCUT2D eigenvalue weighted by molar-refractivity contribution is -0.144. The molecule has 0 fully saturated rings. The number of hydrogen-bond acceptors (Lipinski definition) is 7. The molecule has 0 aromatic carbocycles. The summed E-state index contributed by atoms with van der Waals surface area (Å²) in [6.07, 6.45) is -1.41. The van der Waals surface area contributed by atoms with Crippen LogP contribution in [0.15, 0.2) is 0 Å². The first-order valence-electron chi connectivity index (χ1n) is 6.78. The molecule has 0 saturated carbocycles. The fourth-order valence-electron chi connectivity index (χ4n) is 1.57. The Morgan fingerprint density at radius 3 is 1.96 bits per heavy atom. The zero-order valence-electron chi connectivity index (χ0n) is 12.6. The van der Waals surface area contributed by atoms with Gasteiger partial charge in [0.05, 0.1) is 12.5 Å². The zero-order chi connectivity index (χ0) is 18.9. The van der Waals surface area contributed by atoms with Crippen LogP contribution in [-0.2, 0) is 24.0 Å². The van der Waals surface area contributed by atoms with Gasteiger partial charge in [0.15, 0.2) is 0 Å². The van der Waals surface area contributed by atoms with Crippen LogP contribution >= 0.6 is 12.6 Å². The summed E-state index contributed by atoms with van der Waals surface area (Å²) in [6, 6.07) is -3.97. The summed E-state index contributed by atoms with van der Waals surface area (Å²) in [5.41, 5.74) is 10.3. The van der Waals surface area contributed by atoms with Crippen molar-refractivity contribution >= 4 is 42.3 Å². The summed E-state index contributed by atoms with van der Waals surface area (Å²) in [6.45, 7) is 0. The van der Waals surface area contributed by atoms with E-state index in [1.54, 1.807) is 0 Å². The van der Waals surface area contributed by atoms with E-state index in [2.05, 4.69) is 17.9 Å². The van der Waals surface area contributed by atoms with Crippen molar-refractivity contribution in [1.29, 1.82) is 0 Å². The van der Waals surface area contributed by atoms with Gasteiger partial charge in [0.1, 0.15) is 12.1 Å². The molecule has 0 saturated heterocycles. The van der Waals surface area contributed by atoms with Crippen molar-refractivity contribution < 1.29 is 34.2 Å². The van der Waals surface area contributed by atoms with Crippen LogP contribution in [0.4, 0.5) is 0 Å². The lowest BCUT2D eigenvalue weighted by Gasteiger charge is -2.21. The Morgan fingerprint density at radius 1 is 1.00 bits per heavy atom. The normalized spacial score (nSPS) is 14.1. The average molecular weight is 364 g/mol. The molecule has 0 aliphatic heterocycles.